The van der Waals surface area contributed by atoms with Gasteiger partial charge in [0.15, 0.2) is 5.75 Å². The molecular formula is C34H38N4O7S. The van der Waals surface area contributed by atoms with E-state index in [9.17, 15) is 23.1 Å². The number of hydrogen-bond donors (Lipinski definition) is 3. The van der Waals surface area contributed by atoms with Crippen molar-refractivity contribution in [2.75, 3.05) is 44.5 Å². The maximum atomic E-state index is 13.8. The highest BCUT2D eigenvalue weighted by atomic mass is 32.2. The molecule has 3 N–H and O–H groups in total. The van der Waals surface area contributed by atoms with E-state index in [0.29, 0.717) is 5.69 Å². The number of carbonyl (C=O) groups excluding carboxylic acids is 2. The van der Waals surface area contributed by atoms with Gasteiger partial charge < -0.3 is 30.1 Å². The van der Waals surface area contributed by atoms with Crippen LogP contribution in [0.25, 0.3) is 10.8 Å². The summed E-state index contributed by atoms with van der Waals surface area (Å²) in [5, 5.41) is 17.5. The predicted octanol–water partition coefficient (Wildman–Crippen LogP) is 5.03. The van der Waals surface area contributed by atoms with E-state index >= 15 is 0 Å². The lowest BCUT2D eigenvalue weighted by Crippen LogP contribution is -2.50. The van der Waals surface area contributed by atoms with E-state index in [1.54, 1.807) is 54.3 Å². The Kier molecular flexibility index (Phi) is 9.80. The number of carbonyl (C=O) groups is 2. The molecule has 0 aromatic heterocycles. The number of anilines is 2. The Morgan fingerprint density at radius 2 is 1.67 bits per heavy atom. The maximum Gasteiger partial charge on any atom is 0.323 e. The van der Waals surface area contributed by atoms with Gasteiger partial charge in [-0.05, 0) is 42.6 Å². The molecule has 0 bridgehead atoms. The highest BCUT2D eigenvalue weighted by molar-refractivity contribution is 7.89. The van der Waals surface area contributed by atoms with Crippen LogP contribution in [0, 0.1) is 5.92 Å². The van der Waals surface area contributed by atoms with Crippen molar-refractivity contribution in [3.05, 3.63) is 90.5 Å². The van der Waals surface area contributed by atoms with Crippen molar-refractivity contribution in [1.29, 1.82) is 0 Å². The molecule has 12 heteroatoms. The third-order valence-corrected chi connectivity index (χ3v) is 10.0. The normalized spacial score (nSPS) is 17.4. The fraction of sp³-hybridized carbons (Fsp3) is 0.294. The highest BCUT2D eigenvalue weighted by Crippen LogP contribution is 2.36. The molecule has 1 heterocycles. The van der Waals surface area contributed by atoms with Crippen LogP contribution in [0.15, 0.2) is 89.8 Å². The Morgan fingerprint density at radius 1 is 1.02 bits per heavy atom. The third kappa shape index (κ3) is 6.64. The van der Waals surface area contributed by atoms with Crippen LogP contribution in [0.1, 0.15) is 24.2 Å². The first-order valence-corrected chi connectivity index (χ1v) is 16.4. The number of rotatable bonds is 9. The molecule has 5 rings (SSSR count). The third-order valence-electron chi connectivity index (χ3n) is 8.17. The van der Waals surface area contributed by atoms with E-state index in [1.807, 2.05) is 43.3 Å². The SMILES string of the molecule is COc1ccccc1S(=O)(=O)N(C)C[C@@H]1Oc2c(NC(=O)Nc3cccc4ccccc34)cccc2C(=O)N([C@@H](C)CO)C[C@H]1C. The van der Waals surface area contributed by atoms with Gasteiger partial charge >= 0.3 is 6.03 Å². The molecule has 46 heavy (non-hydrogen) atoms. The number of aliphatic hydroxyl groups is 1. The fourth-order valence-corrected chi connectivity index (χ4v) is 6.86. The van der Waals surface area contributed by atoms with Crippen molar-refractivity contribution in [2.24, 2.45) is 5.92 Å². The zero-order valence-corrected chi connectivity index (χ0v) is 27.0. The highest BCUT2D eigenvalue weighted by Gasteiger charge is 2.36. The Bertz CT molecular complexity index is 1840. The summed E-state index contributed by atoms with van der Waals surface area (Å²) in [5.41, 5.74) is 1.01. The van der Waals surface area contributed by atoms with E-state index < -0.39 is 28.2 Å². The van der Waals surface area contributed by atoms with Gasteiger partial charge in [-0.3, -0.25) is 4.79 Å². The number of benzene rings is 4. The average molecular weight is 647 g/mol. The van der Waals surface area contributed by atoms with Crippen LogP contribution >= 0.6 is 0 Å². The second-order valence-electron chi connectivity index (χ2n) is 11.3. The lowest BCUT2D eigenvalue weighted by Gasteiger charge is -2.38. The average Bonchev–Trinajstić information content (AvgIpc) is 3.06. The summed E-state index contributed by atoms with van der Waals surface area (Å²) >= 11 is 0. The quantitative estimate of drug-likeness (QED) is 0.232. The van der Waals surface area contributed by atoms with Gasteiger partial charge in [-0.2, -0.15) is 4.31 Å². The van der Waals surface area contributed by atoms with Crippen LogP contribution in [0.3, 0.4) is 0 Å². The minimum absolute atomic E-state index is 0.0112. The van der Waals surface area contributed by atoms with Crippen molar-refractivity contribution < 1.29 is 32.6 Å². The van der Waals surface area contributed by atoms with Crippen LogP contribution in [-0.2, 0) is 10.0 Å². The summed E-state index contributed by atoms with van der Waals surface area (Å²) in [4.78, 5) is 28.7. The number of ether oxygens (including phenoxy) is 2. The van der Waals surface area contributed by atoms with Crippen molar-refractivity contribution in [3.8, 4) is 11.5 Å². The number of amides is 3. The molecule has 0 radical (unpaired) electrons. The maximum absolute atomic E-state index is 13.8. The van der Waals surface area contributed by atoms with E-state index in [2.05, 4.69) is 10.6 Å². The molecule has 0 unspecified atom stereocenters. The van der Waals surface area contributed by atoms with Crippen molar-refractivity contribution >= 4 is 44.1 Å². The Hall–Kier alpha value is -4.65. The zero-order valence-electron chi connectivity index (χ0n) is 26.1. The summed E-state index contributed by atoms with van der Waals surface area (Å²) in [6.45, 7) is 3.44. The molecule has 0 aliphatic carbocycles. The molecule has 242 valence electrons. The molecule has 0 saturated heterocycles. The number of para-hydroxylation sites is 2. The van der Waals surface area contributed by atoms with Crippen LogP contribution in [0.4, 0.5) is 16.2 Å². The van der Waals surface area contributed by atoms with Gasteiger partial charge in [0.25, 0.3) is 5.91 Å². The molecule has 0 spiro atoms. The Balaban J connectivity index is 1.49. The summed E-state index contributed by atoms with van der Waals surface area (Å²) < 4.78 is 40.3. The van der Waals surface area contributed by atoms with Gasteiger partial charge in [0, 0.05) is 24.9 Å². The van der Waals surface area contributed by atoms with Crippen LogP contribution in [-0.4, -0.2) is 80.7 Å². The van der Waals surface area contributed by atoms with Crippen molar-refractivity contribution in [2.45, 2.75) is 30.9 Å². The molecule has 11 nitrogen and oxygen atoms in total. The molecular weight excluding hydrogens is 608 g/mol. The molecule has 1 aliphatic heterocycles. The topological polar surface area (TPSA) is 138 Å². The summed E-state index contributed by atoms with van der Waals surface area (Å²) in [7, 11) is -1.14. The number of hydrogen-bond acceptors (Lipinski definition) is 7. The van der Waals surface area contributed by atoms with Gasteiger partial charge in [-0.1, -0.05) is 61.5 Å². The molecule has 4 aromatic rings. The summed E-state index contributed by atoms with van der Waals surface area (Å²) in [6, 6.07) is 23.4. The second kappa shape index (κ2) is 13.8. The van der Waals surface area contributed by atoms with Gasteiger partial charge in [-0.15, -0.1) is 0 Å². The monoisotopic (exact) mass is 646 g/mol. The standard InChI is InChI=1S/C34H38N4O7S/c1-22-19-38(23(2)21-39)33(40)26-14-10-16-28(36-34(41)35-27-15-9-12-24-11-5-6-13-25(24)27)32(26)45-30(22)20-37(3)46(42,43)31-18-8-7-17-29(31)44-4/h5-18,22-23,30,39H,19-21H2,1-4H3,(H2,35,36,41)/t22-,23+,30+/m1/s1. The van der Waals surface area contributed by atoms with Crippen LogP contribution in [0.5, 0.6) is 11.5 Å². The van der Waals surface area contributed by atoms with Gasteiger partial charge in [-0.25, -0.2) is 13.2 Å². The molecule has 3 amide bonds. The number of fused-ring (bicyclic) bond motifs is 2. The van der Waals surface area contributed by atoms with E-state index in [0.717, 1.165) is 10.8 Å². The van der Waals surface area contributed by atoms with Crippen molar-refractivity contribution in [3.63, 3.8) is 0 Å². The number of nitrogens with one attached hydrogen (secondary N) is 2. The first-order valence-electron chi connectivity index (χ1n) is 14.9. The first kappa shape index (κ1) is 32.7. The Labute approximate surface area is 268 Å². The van der Waals surface area contributed by atoms with E-state index in [1.165, 1.54) is 24.5 Å². The first-order chi connectivity index (χ1) is 22.0. The zero-order chi connectivity index (χ0) is 33.0. The number of nitrogens with zero attached hydrogens (tertiary/aromatic N) is 2. The van der Waals surface area contributed by atoms with Crippen LogP contribution in [0.2, 0.25) is 0 Å². The number of sulfonamides is 1. The molecule has 3 atom stereocenters. The smallest absolute Gasteiger partial charge is 0.323 e. The minimum Gasteiger partial charge on any atom is -0.495 e. The van der Waals surface area contributed by atoms with Gasteiger partial charge in [0.2, 0.25) is 10.0 Å². The van der Waals surface area contributed by atoms with Crippen LogP contribution < -0.4 is 20.1 Å². The van der Waals surface area contributed by atoms with E-state index in [-0.39, 0.29) is 59.2 Å². The molecule has 0 fully saturated rings. The van der Waals surface area contributed by atoms with Gasteiger partial charge in [0.05, 0.1) is 43.2 Å². The predicted molar refractivity (Wildman–Crippen MR) is 177 cm³/mol. The number of urea groups is 1. The van der Waals surface area contributed by atoms with Gasteiger partial charge in [0.1, 0.15) is 16.7 Å². The minimum atomic E-state index is -4.00. The summed E-state index contributed by atoms with van der Waals surface area (Å²) in [5.74, 6) is -0.437. The molecule has 4 aromatic carbocycles. The Morgan fingerprint density at radius 3 is 2.43 bits per heavy atom. The lowest BCUT2D eigenvalue weighted by molar-refractivity contribution is 0.0389. The van der Waals surface area contributed by atoms with E-state index in [4.69, 9.17) is 9.47 Å². The lowest BCUT2D eigenvalue weighted by atomic mass is 9.99. The number of methoxy groups -OCH3 is 1. The fourth-order valence-electron chi connectivity index (χ4n) is 5.52. The number of aliphatic hydroxyl groups excluding tert-OH is 1. The molecule has 0 saturated carbocycles. The van der Waals surface area contributed by atoms with Crippen molar-refractivity contribution in [1.82, 2.24) is 9.21 Å². The summed E-state index contributed by atoms with van der Waals surface area (Å²) in [6.07, 6.45) is -0.751. The second-order valence-corrected chi connectivity index (χ2v) is 13.4. The number of likely N-dealkylation sites (N-methyl/N-ethyl adjacent to an activating group) is 1. The molecule has 1 aliphatic rings. The largest absolute Gasteiger partial charge is 0.495 e.